The van der Waals surface area contributed by atoms with E-state index in [0.717, 1.165) is 19.1 Å². The average Bonchev–Trinajstić information content (AvgIpc) is 2.83. The number of carboxylic acid groups (broad SMARTS) is 1. The molecule has 7 nitrogen and oxygen atoms in total. The van der Waals surface area contributed by atoms with Gasteiger partial charge in [0.2, 0.25) is 10.0 Å². The summed E-state index contributed by atoms with van der Waals surface area (Å²) in [5.74, 6) is -4.04. The number of carbonyl (C=O) groups is 2. The number of hydrogen-bond donors (Lipinski definition) is 2. The Morgan fingerprint density at radius 1 is 0.816 bits per heavy atom. The lowest BCUT2D eigenvalue weighted by Gasteiger charge is -2.38. The smallest absolute Gasteiger partial charge is 0.471 e. The van der Waals surface area contributed by atoms with Gasteiger partial charge in [-0.25, -0.2) is 17.9 Å². The van der Waals surface area contributed by atoms with Crippen molar-refractivity contribution in [2.24, 2.45) is 0 Å². The largest absolute Gasteiger partial charge is 0.479 e. The number of sulfonamides is 1. The van der Waals surface area contributed by atoms with Gasteiger partial charge in [0.05, 0.1) is 4.90 Å². The lowest BCUT2D eigenvalue weighted by atomic mass is 9.89. The van der Waals surface area contributed by atoms with Crippen molar-refractivity contribution in [1.29, 1.82) is 0 Å². The molecule has 1 unspecified atom stereocenters. The van der Waals surface area contributed by atoms with Gasteiger partial charge in [0.15, 0.2) is 5.54 Å². The molecule has 1 amide bonds. The van der Waals surface area contributed by atoms with Gasteiger partial charge in [-0.2, -0.15) is 13.2 Å². The van der Waals surface area contributed by atoms with Crippen molar-refractivity contribution < 1.29 is 36.3 Å². The molecule has 38 heavy (non-hydrogen) atoms. The number of rotatable bonds is 7. The van der Waals surface area contributed by atoms with Gasteiger partial charge in [-0.15, -0.1) is 0 Å². The number of anilines is 1. The molecule has 0 saturated carbocycles. The minimum atomic E-state index is -5.37. The molecule has 11 heteroatoms. The summed E-state index contributed by atoms with van der Waals surface area (Å²) in [6.45, 7) is 6.06. The van der Waals surface area contributed by atoms with Crippen molar-refractivity contribution in [3.63, 3.8) is 0 Å². The first kappa shape index (κ1) is 28.9. The van der Waals surface area contributed by atoms with Gasteiger partial charge in [0.25, 0.3) is 0 Å². The van der Waals surface area contributed by atoms with E-state index in [4.69, 9.17) is 0 Å². The number of carbonyl (C=O) groups excluding carboxylic acids is 1. The van der Waals surface area contributed by atoms with Crippen LogP contribution in [-0.2, 0) is 25.2 Å². The van der Waals surface area contributed by atoms with Crippen LogP contribution >= 0.6 is 0 Å². The zero-order valence-corrected chi connectivity index (χ0v) is 21.9. The van der Waals surface area contributed by atoms with Gasteiger partial charge in [-0.1, -0.05) is 60.7 Å². The second-order valence-corrected chi connectivity index (χ2v) is 11.4. The Kier molecular flexibility index (Phi) is 7.76. The third kappa shape index (κ3) is 5.89. The summed E-state index contributed by atoms with van der Waals surface area (Å²) in [6, 6.07) is 18.2. The van der Waals surface area contributed by atoms with Gasteiger partial charge in [-0.3, -0.25) is 9.69 Å². The molecule has 2 N–H and O–H groups in total. The first-order valence-corrected chi connectivity index (χ1v) is 12.9. The lowest BCUT2D eigenvalue weighted by Crippen LogP contribution is -2.57. The van der Waals surface area contributed by atoms with Crippen LogP contribution < -0.4 is 9.62 Å². The highest BCUT2D eigenvalue weighted by Gasteiger charge is 2.53. The van der Waals surface area contributed by atoms with Gasteiger partial charge < -0.3 is 5.11 Å². The number of aliphatic carboxylic acids is 1. The van der Waals surface area contributed by atoms with Crippen LogP contribution in [0.5, 0.6) is 0 Å². The standard InChI is InChI=1S/C27H27F3N2O5S/c1-25(2,3)31-38(36,37)22-13-9-8-12-21(22)18-14-16-20(17-15-18)32(23(33)27(28,29)30)26(4,24(34)35)19-10-6-5-7-11-19/h5-17,31H,1-4H3,(H,34,35). The van der Waals surface area contributed by atoms with Crippen molar-refractivity contribution in [3.05, 3.63) is 84.4 Å². The summed E-state index contributed by atoms with van der Waals surface area (Å²) in [7, 11) is -3.97. The molecule has 0 heterocycles. The molecule has 0 spiro atoms. The molecule has 0 aliphatic rings. The van der Waals surface area contributed by atoms with E-state index in [1.807, 2.05) is 0 Å². The Balaban J connectivity index is 2.17. The highest BCUT2D eigenvalue weighted by atomic mass is 32.2. The van der Waals surface area contributed by atoms with Crippen LogP contribution in [0.15, 0.2) is 83.8 Å². The maximum Gasteiger partial charge on any atom is 0.471 e. The van der Waals surface area contributed by atoms with E-state index in [1.54, 1.807) is 32.9 Å². The summed E-state index contributed by atoms with van der Waals surface area (Å²) < 4.78 is 69.7. The Morgan fingerprint density at radius 2 is 1.34 bits per heavy atom. The highest BCUT2D eigenvalue weighted by molar-refractivity contribution is 7.89. The molecule has 0 bridgehead atoms. The number of hydrogen-bond acceptors (Lipinski definition) is 4. The van der Waals surface area contributed by atoms with Crippen molar-refractivity contribution in [3.8, 4) is 11.1 Å². The quantitative estimate of drug-likeness (QED) is 0.416. The number of alkyl halides is 3. The summed E-state index contributed by atoms with van der Waals surface area (Å²) >= 11 is 0. The molecule has 0 aromatic heterocycles. The first-order valence-electron chi connectivity index (χ1n) is 11.4. The maximum atomic E-state index is 13.7. The second kappa shape index (κ2) is 10.2. The van der Waals surface area contributed by atoms with Crippen LogP contribution in [0.3, 0.4) is 0 Å². The van der Waals surface area contributed by atoms with Gasteiger partial charge in [-0.05, 0) is 57.0 Å². The molecule has 0 aliphatic carbocycles. The molecule has 0 aliphatic heterocycles. The summed E-state index contributed by atoms with van der Waals surface area (Å²) in [5.41, 5.74) is -2.95. The summed E-state index contributed by atoms with van der Waals surface area (Å²) in [5, 5.41) is 10.0. The molecular formula is C27H27F3N2O5S. The molecule has 202 valence electrons. The monoisotopic (exact) mass is 548 g/mol. The molecule has 0 radical (unpaired) electrons. The second-order valence-electron chi connectivity index (χ2n) is 9.78. The lowest BCUT2D eigenvalue weighted by molar-refractivity contribution is -0.173. The van der Waals surface area contributed by atoms with Crippen LogP contribution in [-0.4, -0.2) is 37.1 Å². The van der Waals surface area contributed by atoms with Gasteiger partial charge >= 0.3 is 18.1 Å². The van der Waals surface area contributed by atoms with Crippen molar-refractivity contribution in [2.75, 3.05) is 4.90 Å². The van der Waals surface area contributed by atoms with E-state index in [9.17, 15) is 36.3 Å². The van der Waals surface area contributed by atoms with E-state index >= 15 is 0 Å². The first-order chi connectivity index (χ1) is 17.5. The summed E-state index contributed by atoms with van der Waals surface area (Å²) in [6.07, 6.45) is -5.37. The zero-order valence-electron chi connectivity index (χ0n) is 21.1. The molecular weight excluding hydrogens is 521 g/mol. The van der Waals surface area contributed by atoms with Crippen LogP contribution in [0.25, 0.3) is 11.1 Å². The van der Waals surface area contributed by atoms with Gasteiger partial charge in [0.1, 0.15) is 0 Å². The predicted molar refractivity (Wildman–Crippen MR) is 137 cm³/mol. The van der Waals surface area contributed by atoms with E-state index < -0.39 is 39.2 Å². The number of benzene rings is 3. The molecule has 3 aromatic carbocycles. The Labute approximate surface area is 219 Å². The van der Waals surface area contributed by atoms with E-state index in [-0.39, 0.29) is 26.6 Å². The highest BCUT2D eigenvalue weighted by Crippen LogP contribution is 2.38. The van der Waals surface area contributed by atoms with E-state index in [2.05, 4.69) is 4.72 Å². The van der Waals surface area contributed by atoms with E-state index in [0.29, 0.717) is 5.56 Å². The summed E-state index contributed by atoms with van der Waals surface area (Å²) in [4.78, 5) is 25.1. The molecule has 0 fully saturated rings. The van der Waals surface area contributed by atoms with Crippen molar-refractivity contribution in [1.82, 2.24) is 4.72 Å². The Bertz CT molecular complexity index is 1430. The molecule has 3 aromatic rings. The van der Waals surface area contributed by atoms with Crippen LogP contribution in [0.1, 0.15) is 33.3 Å². The van der Waals surface area contributed by atoms with Crippen LogP contribution in [0.4, 0.5) is 18.9 Å². The third-order valence-electron chi connectivity index (χ3n) is 5.70. The topological polar surface area (TPSA) is 104 Å². The third-order valence-corrected chi connectivity index (χ3v) is 7.51. The number of nitrogens with zero attached hydrogens (tertiary/aromatic N) is 1. The fraction of sp³-hybridized carbons (Fsp3) is 0.259. The maximum absolute atomic E-state index is 13.7. The normalized spacial score (nSPS) is 14.0. The number of carboxylic acids is 1. The molecule has 3 rings (SSSR count). The predicted octanol–water partition coefficient (Wildman–Crippen LogP) is 5.33. The van der Waals surface area contributed by atoms with Gasteiger partial charge in [0, 0.05) is 16.8 Å². The van der Waals surface area contributed by atoms with Crippen LogP contribution in [0, 0.1) is 0 Å². The molecule has 1 atom stereocenters. The van der Waals surface area contributed by atoms with Crippen molar-refractivity contribution >= 4 is 27.6 Å². The zero-order chi connectivity index (χ0) is 28.5. The molecule has 0 saturated heterocycles. The number of nitrogens with one attached hydrogen (secondary N) is 1. The minimum Gasteiger partial charge on any atom is -0.479 e. The van der Waals surface area contributed by atoms with Crippen molar-refractivity contribution in [2.45, 2.75) is 49.8 Å². The van der Waals surface area contributed by atoms with E-state index in [1.165, 1.54) is 54.6 Å². The number of halogens is 3. The fourth-order valence-corrected chi connectivity index (χ4v) is 5.65. The Hall–Kier alpha value is -3.70. The minimum absolute atomic E-state index is 0.0427. The Morgan fingerprint density at radius 3 is 1.84 bits per heavy atom. The van der Waals surface area contributed by atoms with Crippen LogP contribution in [0.2, 0.25) is 0 Å². The SMILES string of the molecule is CC(C)(C)NS(=O)(=O)c1ccccc1-c1ccc(N(C(=O)C(F)(F)F)C(C)(C(=O)O)c2ccccc2)cc1. The number of amides is 1. The average molecular weight is 549 g/mol. The fourth-order valence-electron chi connectivity index (χ4n) is 4.00.